The molecular weight excluding hydrogens is 729 g/mol. The molecule has 2 heterocycles. The molecule has 2 nitrogen and oxygen atoms in total. The Morgan fingerprint density at radius 1 is 0.339 bits per heavy atom. The molecule has 1 aliphatic heterocycles. The van der Waals surface area contributed by atoms with Gasteiger partial charge in [0.25, 0.3) is 0 Å². The van der Waals surface area contributed by atoms with Gasteiger partial charge >= 0.3 is 0 Å². The number of fused-ring (bicyclic) bond motifs is 5. The van der Waals surface area contributed by atoms with Crippen molar-refractivity contribution in [1.29, 1.82) is 0 Å². The average molecular weight is 769 g/mol. The van der Waals surface area contributed by atoms with E-state index >= 15 is 0 Å². The minimum Gasteiger partial charge on any atom is -0.237 e. The highest BCUT2D eigenvalue weighted by atomic mass is 28.3. The summed E-state index contributed by atoms with van der Waals surface area (Å²) in [5, 5.41) is 7.50. The highest BCUT2D eigenvalue weighted by Gasteiger charge is 2.42. The second-order valence-electron chi connectivity index (χ2n) is 16.2. The Morgan fingerprint density at radius 3 is 1.46 bits per heavy atom. The van der Waals surface area contributed by atoms with Gasteiger partial charge in [0.05, 0.1) is 5.69 Å². The van der Waals surface area contributed by atoms with Gasteiger partial charge in [0.15, 0.2) is 5.82 Å². The highest BCUT2D eigenvalue weighted by Crippen LogP contribution is 2.41. The highest BCUT2D eigenvalue weighted by molar-refractivity contribution is 7.03. The lowest BCUT2D eigenvalue weighted by Gasteiger charge is -2.19. The van der Waals surface area contributed by atoms with Crippen LogP contribution >= 0.6 is 0 Å². The monoisotopic (exact) mass is 768 g/mol. The Kier molecular flexibility index (Phi) is 8.31. The second-order valence-corrected chi connectivity index (χ2v) is 20.5. The van der Waals surface area contributed by atoms with E-state index in [9.17, 15) is 0 Å². The minimum atomic E-state index is -2.23. The lowest BCUT2D eigenvalue weighted by molar-refractivity contribution is 1.21. The van der Waals surface area contributed by atoms with Crippen molar-refractivity contribution in [3.8, 4) is 78.3 Å². The molecule has 278 valence electrons. The predicted molar refractivity (Wildman–Crippen MR) is 252 cm³/mol. The number of benzene rings is 9. The van der Waals surface area contributed by atoms with Gasteiger partial charge in [-0.3, -0.25) is 0 Å². The molecule has 0 atom stereocenters. The first-order valence-corrected chi connectivity index (χ1v) is 23.4. The molecule has 0 saturated heterocycles. The van der Waals surface area contributed by atoms with Gasteiger partial charge in [-0.2, -0.15) is 0 Å². The molecule has 0 bridgehead atoms. The molecule has 0 N–H and O–H groups in total. The van der Waals surface area contributed by atoms with E-state index in [1.165, 1.54) is 76.6 Å². The lowest BCUT2D eigenvalue weighted by Crippen LogP contribution is -2.51. The summed E-state index contributed by atoms with van der Waals surface area (Å²) >= 11 is 0. The summed E-state index contributed by atoms with van der Waals surface area (Å²) in [7, 11) is -2.23. The third-order valence-corrected chi connectivity index (χ3v) is 15.5. The summed E-state index contributed by atoms with van der Waals surface area (Å²) in [5.41, 5.74) is 15.1. The molecule has 11 rings (SSSR count). The number of hydrogen-bond donors (Lipinski definition) is 0. The van der Waals surface area contributed by atoms with E-state index in [1.54, 1.807) is 0 Å². The molecular formula is C56H40N2Si. The Balaban J connectivity index is 1.08. The van der Waals surface area contributed by atoms with Crippen molar-refractivity contribution < 1.29 is 0 Å². The topological polar surface area (TPSA) is 25.8 Å². The minimum absolute atomic E-state index is 0.786. The van der Waals surface area contributed by atoms with Crippen LogP contribution in [0.5, 0.6) is 0 Å². The molecule has 0 unspecified atom stereocenters. The molecule has 0 radical (unpaired) electrons. The molecule has 0 spiro atoms. The smallest absolute Gasteiger partial charge is 0.160 e. The molecule has 1 aliphatic rings. The maximum atomic E-state index is 5.57. The van der Waals surface area contributed by atoms with E-state index in [4.69, 9.17) is 9.97 Å². The first kappa shape index (κ1) is 35.0. The fourth-order valence-corrected chi connectivity index (χ4v) is 12.0. The zero-order valence-corrected chi connectivity index (χ0v) is 34.0. The van der Waals surface area contributed by atoms with Crippen LogP contribution in [0.2, 0.25) is 13.1 Å². The summed E-state index contributed by atoms with van der Waals surface area (Å²) in [6, 6.07) is 74.8. The molecule has 59 heavy (non-hydrogen) atoms. The Labute approximate surface area is 346 Å². The van der Waals surface area contributed by atoms with Crippen LogP contribution in [0.1, 0.15) is 0 Å². The number of rotatable bonds is 6. The van der Waals surface area contributed by atoms with Gasteiger partial charge in [0.1, 0.15) is 8.07 Å². The molecule has 0 fully saturated rings. The van der Waals surface area contributed by atoms with Crippen LogP contribution in [0.25, 0.3) is 99.8 Å². The Hall–Kier alpha value is -7.20. The van der Waals surface area contributed by atoms with Gasteiger partial charge in [-0.1, -0.05) is 183 Å². The summed E-state index contributed by atoms with van der Waals surface area (Å²) in [5.74, 6) is 0.786. The van der Waals surface area contributed by atoms with Gasteiger partial charge in [0, 0.05) is 22.0 Å². The van der Waals surface area contributed by atoms with Crippen LogP contribution in [-0.2, 0) is 0 Å². The third kappa shape index (κ3) is 6.10. The fourth-order valence-electron chi connectivity index (χ4n) is 9.12. The van der Waals surface area contributed by atoms with E-state index < -0.39 is 8.07 Å². The first-order valence-electron chi connectivity index (χ1n) is 20.4. The molecule has 0 saturated carbocycles. The van der Waals surface area contributed by atoms with Crippen molar-refractivity contribution in [2.45, 2.75) is 13.1 Å². The SMILES string of the molecule is C[Si]1(C)c2cc3ccccc3cc2-c2c(-c3cccc(-c4cccc(-c5cc(-c6ccccc6)cc(-c6ccccc6)c5)c4)c3)nc(-c3cccc4ccccc34)nc21. The molecule has 1 aromatic heterocycles. The summed E-state index contributed by atoms with van der Waals surface area (Å²) < 4.78 is 0. The average Bonchev–Trinajstić information content (AvgIpc) is 3.52. The zero-order valence-electron chi connectivity index (χ0n) is 33.0. The molecule has 3 heteroatoms. The van der Waals surface area contributed by atoms with Crippen molar-refractivity contribution in [3.05, 3.63) is 206 Å². The first-order chi connectivity index (χ1) is 29.0. The van der Waals surface area contributed by atoms with Crippen LogP contribution in [0.15, 0.2) is 206 Å². The predicted octanol–water partition coefficient (Wildman–Crippen LogP) is 13.6. The fraction of sp³-hybridized carbons (Fsp3) is 0.0357. The maximum Gasteiger partial charge on any atom is 0.160 e. The van der Waals surface area contributed by atoms with Crippen molar-refractivity contribution >= 4 is 40.1 Å². The zero-order chi connectivity index (χ0) is 39.5. The van der Waals surface area contributed by atoms with Crippen molar-refractivity contribution in [3.63, 3.8) is 0 Å². The standard InChI is InChI=1S/C56H40N2Si/c1-59(2)52-36-44-22-10-9-21-43(44)35-51(52)53-54(57-55(58-56(53)59)50-29-15-23-39-20-11-12-28-49(39)50)45-27-14-25-41(31-45)40-24-13-26-42(30-40)48-33-46(37-16-5-3-6-17-37)32-47(34-48)38-18-7-4-8-19-38/h3-36H,1-2H3. The van der Waals surface area contributed by atoms with E-state index in [1.807, 2.05) is 0 Å². The van der Waals surface area contributed by atoms with E-state index in [-0.39, 0.29) is 0 Å². The normalized spacial score (nSPS) is 12.7. The summed E-state index contributed by atoms with van der Waals surface area (Å²) in [6.45, 7) is 4.90. The molecule has 0 aliphatic carbocycles. The molecule has 10 aromatic rings. The van der Waals surface area contributed by atoms with Crippen LogP contribution < -0.4 is 10.5 Å². The molecule has 9 aromatic carbocycles. The maximum absolute atomic E-state index is 5.57. The van der Waals surface area contributed by atoms with Crippen molar-refractivity contribution in [1.82, 2.24) is 9.97 Å². The number of aromatic nitrogens is 2. The van der Waals surface area contributed by atoms with E-state index in [2.05, 4.69) is 219 Å². The van der Waals surface area contributed by atoms with Gasteiger partial charge in [-0.15, -0.1) is 0 Å². The Morgan fingerprint density at radius 2 is 0.797 bits per heavy atom. The van der Waals surface area contributed by atoms with Crippen LogP contribution in [0.4, 0.5) is 0 Å². The largest absolute Gasteiger partial charge is 0.237 e. The second kappa shape index (κ2) is 14.0. The summed E-state index contributed by atoms with van der Waals surface area (Å²) in [6.07, 6.45) is 0. The van der Waals surface area contributed by atoms with Gasteiger partial charge < -0.3 is 0 Å². The van der Waals surface area contributed by atoms with Gasteiger partial charge in [-0.05, 0) is 113 Å². The Bertz CT molecular complexity index is 3180. The van der Waals surface area contributed by atoms with Crippen molar-refractivity contribution in [2.24, 2.45) is 0 Å². The van der Waals surface area contributed by atoms with Crippen LogP contribution in [-0.4, -0.2) is 18.0 Å². The summed E-state index contributed by atoms with van der Waals surface area (Å²) in [4.78, 5) is 11.1. The van der Waals surface area contributed by atoms with Crippen LogP contribution in [0.3, 0.4) is 0 Å². The van der Waals surface area contributed by atoms with Gasteiger partial charge in [-0.25, -0.2) is 9.97 Å². The number of hydrogen-bond acceptors (Lipinski definition) is 2. The van der Waals surface area contributed by atoms with Gasteiger partial charge in [0.2, 0.25) is 0 Å². The lowest BCUT2D eigenvalue weighted by atomic mass is 9.91. The van der Waals surface area contributed by atoms with E-state index in [0.29, 0.717) is 0 Å². The quantitative estimate of drug-likeness (QED) is 0.157. The number of nitrogens with zero attached hydrogens (tertiary/aromatic N) is 2. The molecule has 0 amide bonds. The van der Waals surface area contributed by atoms with E-state index in [0.717, 1.165) is 33.8 Å². The van der Waals surface area contributed by atoms with Crippen molar-refractivity contribution in [2.75, 3.05) is 0 Å². The van der Waals surface area contributed by atoms with Crippen LogP contribution in [0, 0.1) is 0 Å². The third-order valence-electron chi connectivity index (χ3n) is 12.2.